The molecule has 6 N–H and O–H groups in total. The number of aromatic hydroxyl groups is 1. The number of phenolic OH excluding ortho intramolecular Hbond substituents is 1. The molecule has 0 fully saturated rings. The lowest BCUT2D eigenvalue weighted by Gasteiger charge is -2.25. The number of sulfonamides is 1. The highest BCUT2D eigenvalue weighted by Crippen LogP contribution is 2.30. The molecule has 0 aliphatic carbocycles. The predicted molar refractivity (Wildman–Crippen MR) is 136 cm³/mol. The molecule has 0 saturated carbocycles. The molecule has 186 valence electrons. The van der Waals surface area contributed by atoms with Crippen molar-refractivity contribution in [3.63, 3.8) is 0 Å². The molecular weight excluding hydrogens is 512 g/mol. The average molecular weight is 537 g/mol. The summed E-state index contributed by atoms with van der Waals surface area (Å²) in [5.74, 6) is 5.33. The van der Waals surface area contributed by atoms with Crippen LogP contribution in [-0.2, 0) is 26.0 Å². The lowest BCUT2D eigenvalue weighted by molar-refractivity contribution is -0.146. The van der Waals surface area contributed by atoms with Gasteiger partial charge in [0.2, 0.25) is 10.0 Å². The fourth-order valence-electron chi connectivity index (χ4n) is 3.15. The number of nitrogens with zero attached hydrogens (tertiary/aromatic N) is 1. The maximum atomic E-state index is 12.7. The number of nitrogens with one attached hydrogen (secondary N) is 1. The largest absolute Gasteiger partial charge is 0.506 e. The topological polar surface area (TPSA) is 148 Å². The Kier molecular flexibility index (Phi) is 8.76. The molecule has 0 unspecified atom stereocenters. The van der Waals surface area contributed by atoms with Crippen molar-refractivity contribution in [2.45, 2.75) is 16.7 Å². The molecule has 9 nitrogen and oxygen atoms in total. The lowest BCUT2D eigenvalue weighted by atomic mass is 10.1. The molecule has 0 aliphatic heterocycles. The van der Waals surface area contributed by atoms with E-state index in [1.807, 2.05) is 30.3 Å². The van der Waals surface area contributed by atoms with E-state index in [9.17, 15) is 18.3 Å². The third-order valence-corrected chi connectivity index (χ3v) is 8.29. The summed E-state index contributed by atoms with van der Waals surface area (Å²) in [7, 11) is -2.60. The number of methoxy groups -OCH3 is 1. The molecule has 0 bridgehead atoms. The van der Waals surface area contributed by atoms with Gasteiger partial charge in [-0.25, -0.2) is 23.8 Å². The molecular formula is C23H25ClN4O5S2. The van der Waals surface area contributed by atoms with Gasteiger partial charge in [-0.15, -0.1) is 11.3 Å². The van der Waals surface area contributed by atoms with Gasteiger partial charge < -0.3 is 20.6 Å². The number of halogens is 1. The van der Waals surface area contributed by atoms with Gasteiger partial charge in [-0.2, -0.15) is 0 Å². The molecule has 3 rings (SSSR count). The monoisotopic (exact) mass is 536 g/mol. The summed E-state index contributed by atoms with van der Waals surface area (Å²) in [6, 6.07) is 16.2. The highest BCUT2D eigenvalue weighted by atomic mass is 35.5. The van der Waals surface area contributed by atoms with Gasteiger partial charge in [0.05, 0.1) is 18.7 Å². The van der Waals surface area contributed by atoms with Crippen LogP contribution in [0.1, 0.15) is 5.56 Å². The van der Waals surface area contributed by atoms with Gasteiger partial charge in [0.1, 0.15) is 16.0 Å². The van der Waals surface area contributed by atoms with E-state index in [1.165, 1.54) is 31.5 Å². The van der Waals surface area contributed by atoms with E-state index in [1.54, 1.807) is 12.1 Å². The molecule has 35 heavy (non-hydrogen) atoms. The fourth-order valence-corrected chi connectivity index (χ4v) is 5.72. The first-order chi connectivity index (χ1) is 16.6. The Morgan fingerprint density at radius 1 is 1.23 bits per heavy atom. The summed E-state index contributed by atoms with van der Waals surface area (Å²) in [6.45, 7) is -0.229. The van der Waals surface area contributed by atoms with Crippen molar-refractivity contribution in [3.8, 4) is 16.2 Å². The first-order valence-corrected chi connectivity index (χ1v) is 13.0. The van der Waals surface area contributed by atoms with Crippen LogP contribution in [0.25, 0.3) is 10.4 Å². The summed E-state index contributed by atoms with van der Waals surface area (Å²) >= 11 is 7.08. The first-order valence-electron chi connectivity index (χ1n) is 10.3. The second kappa shape index (κ2) is 11.6. The Balaban J connectivity index is 1.68. The Hall–Kier alpha value is -3.09. The first kappa shape index (κ1) is 26.5. The summed E-state index contributed by atoms with van der Waals surface area (Å²) in [6.07, 6.45) is 1.37. The SMILES string of the molecule is COC(=O)[C@H](Cc1ccc(O)c(Cl)c1)N(N)/C=C(\N)CNS(=O)(=O)c1ccc(-c2ccccc2)s1. The Bertz CT molecular complexity index is 1310. The van der Waals surface area contributed by atoms with Gasteiger partial charge in [0, 0.05) is 23.2 Å². The fraction of sp³-hybridized carbons (Fsp3) is 0.174. The molecule has 1 aromatic heterocycles. The minimum absolute atomic E-state index is 0.0774. The van der Waals surface area contributed by atoms with E-state index in [0.717, 1.165) is 26.8 Å². The summed E-state index contributed by atoms with van der Waals surface area (Å²) in [5, 5.41) is 10.8. The molecule has 2 aromatic carbocycles. The smallest absolute Gasteiger partial charge is 0.330 e. The predicted octanol–water partition coefficient (Wildman–Crippen LogP) is 2.81. The second-order valence-electron chi connectivity index (χ2n) is 7.49. The van der Waals surface area contributed by atoms with Crippen molar-refractivity contribution in [2.24, 2.45) is 11.6 Å². The van der Waals surface area contributed by atoms with Crippen molar-refractivity contribution >= 4 is 38.9 Å². The zero-order valence-corrected chi connectivity index (χ0v) is 21.1. The minimum atomic E-state index is -3.82. The van der Waals surface area contributed by atoms with Crippen molar-refractivity contribution in [1.29, 1.82) is 0 Å². The van der Waals surface area contributed by atoms with E-state index in [-0.39, 0.29) is 33.6 Å². The zero-order valence-electron chi connectivity index (χ0n) is 18.7. The molecule has 0 aliphatic rings. The van der Waals surface area contributed by atoms with Gasteiger partial charge in [0.25, 0.3) is 0 Å². The van der Waals surface area contributed by atoms with Gasteiger partial charge >= 0.3 is 5.97 Å². The number of carbonyl (C=O) groups excluding carboxylic acids is 1. The number of nitrogens with two attached hydrogens (primary N) is 2. The van der Waals surface area contributed by atoms with Crippen molar-refractivity contribution in [3.05, 3.63) is 83.1 Å². The van der Waals surface area contributed by atoms with E-state index >= 15 is 0 Å². The summed E-state index contributed by atoms with van der Waals surface area (Å²) < 4.78 is 32.9. The molecule has 1 heterocycles. The number of thiophene rings is 1. The standard InChI is InChI=1S/C23H25ClN4O5S2/c1-33-23(30)19(12-15-7-8-20(29)18(24)11-15)28(26)14-17(25)13-27-35(31,32)22-10-9-21(34-22)16-5-3-2-4-6-16/h2-11,14,19,27,29H,12-13,25-26H2,1H3/b17-14-/t19-/m0/s1. The second-order valence-corrected chi connectivity index (χ2v) is 11.0. The van der Waals surface area contributed by atoms with Crippen LogP contribution < -0.4 is 16.3 Å². The van der Waals surface area contributed by atoms with Crippen LogP contribution in [-0.4, -0.2) is 44.2 Å². The van der Waals surface area contributed by atoms with Crippen LogP contribution >= 0.6 is 22.9 Å². The number of hydrogen-bond acceptors (Lipinski definition) is 9. The van der Waals surface area contributed by atoms with Gasteiger partial charge in [-0.1, -0.05) is 48.0 Å². The molecule has 0 radical (unpaired) electrons. The maximum absolute atomic E-state index is 12.7. The van der Waals surface area contributed by atoms with Crippen LogP contribution in [0.5, 0.6) is 5.75 Å². The van der Waals surface area contributed by atoms with E-state index in [4.69, 9.17) is 27.9 Å². The molecule has 12 heteroatoms. The number of phenols is 1. The Labute approximate surface area is 212 Å². The Morgan fingerprint density at radius 2 is 1.94 bits per heavy atom. The highest BCUT2D eigenvalue weighted by molar-refractivity contribution is 7.91. The molecule has 0 saturated heterocycles. The van der Waals surface area contributed by atoms with Crippen LogP contribution in [0, 0.1) is 0 Å². The van der Waals surface area contributed by atoms with Crippen LogP contribution in [0.2, 0.25) is 5.02 Å². The number of hydrazine groups is 1. The van der Waals surface area contributed by atoms with Crippen LogP contribution in [0.15, 0.2) is 76.8 Å². The minimum Gasteiger partial charge on any atom is -0.506 e. The van der Waals surface area contributed by atoms with E-state index in [2.05, 4.69) is 4.72 Å². The number of rotatable bonds is 10. The van der Waals surface area contributed by atoms with Crippen LogP contribution in [0.3, 0.4) is 0 Å². The number of benzene rings is 2. The maximum Gasteiger partial charge on any atom is 0.330 e. The van der Waals surface area contributed by atoms with Crippen molar-refractivity contribution in [2.75, 3.05) is 13.7 Å². The molecule has 0 spiro atoms. The van der Waals surface area contributed by atoms with E-state index in [0.29, 0.717) is 5.56 Å². The summed E-state index contributed by atoms with van der Waals surface area (Å²) in [5.41, 5.74) is 7.60. The highest BCUT2D eigenvalue weighted by Gasteiger charge is 2.25. The van der Waals surface area contributed by atoms with Crippen molar-refractivity contribution < 1.29 is 23.1 Å². The lowest BCUT2D eigenvalue weighted by Crippen LogP contribution is -2.45. The quantitative estimate of drug-likeness (QED) is 0.176. The van der Waals surface area contributed by atoms with Crippen molar-refractivity contribution in [1.82, 2.24) is 9.73 Å². The zero-order chi connectivity index (χ0) is 25.6. The number of esters is 1. The third-order valence-electron chi connectivity index (χ3n) is 4.96. The number of carbonyl (C=O) groups is 1. The summed E-state index contributed by atoms with van der Waals surface area (Å²) in [4.78, 5) is 13.1. The number of ether oxygens (including phenoxy) is 1. The average Bonchev–Trinajstić information content (AvgIpc) is 3.35. The Morgan fingerprint density at radius 3 is 2.60 bits per heavy atom. The van der Waals surface area contributed by atoms with Gasteiger partial charge in [-0.05, 0) is 35.4 Å². The van der Waals surface area contributed by atoms with E-state index < -0.39 is 22.0 Å². The normalized spacial score (nSPS) is 12.8. The molecule has 1 atom stereocenters. The molecule has 3 aromatic rings. The third kappa shape index (κ3) is 6.96. The van der Waals surface area contributed by atoms with Gasteiger partial charge in [-0.3, -0.25) is 0 Å². The molecule has 0 amide bonds. The number of hydrogen-bond donors (Lipinski definition) is 4. The van der Waals surface area contributed by atoms with Gasteiger partial charge in [0.15, 0.2) is 0 Å². The van der Waals surface area contributed by atoms with Crippen LogP contribution in [0.4, 0.5) is 0 Å².